The van der Waals surface area contributed by atoms with Crippen molar-refractivity contribution in [2.45, 2.75) is 90.9 Å². The van der Waals surface area contributed by atoms with Gasteiger partial charge in [-0.25, -0.2) is 0 Å². The van der Waals surface area contributed by atoms with Gasteiger partial charge in [0, 0.05) is 81.1 Å². The Morgan fingerprint density at radius 1 is 0.621 bits per heavy atom. The molecule has 8 rings (SSSR count). The summed E-state index contributed by atoms with van der Waals surface area (Å²) in [5.74, 6) is 2.04. The second kappa shape index (κ2) is 21.3. The average molecular weight is 883 g/mol. The molecule has 0 amide bonds. The number of nitrogens with zero attached hydrogens (tertiary/aromatic N) is 4. The van der Waals surface area contributed by atoms with Crippen molar-refractivity contribution in [2.24, 2.45) is 11.5 Å². The van der Waals surface area contributed by atoms with E-state index >= 15 is 0 Å². The van der Waals surface area contributed by atoms with E-state index < -0.39 is 0 Å². The van der Waals surface area contributed by atoms with Crippen LogP contribution in [-0.4, -0.2) is 31.9 Å². The fraction of sp³-hybridized carbons (Fsp3) is 0.269. The molecule has 0 bridgehead atoms. The van der Waals surface area contributed by atoms with E-state index in [-0.39, 0.29) is 38.1 Å². The Bertz CT molecular complexity index is 2810. The molecule has 6 aromatic rings. The Kier molecular flexibility index (Phi) is 14.9. The summed E-state index contributed by atoms with van der Waals surface area (Å²) >= 11 is 0. The minimum absolute atomic E-state index is 0.00854. The van der Waals surface area contributed by atoms with Crippen molar-refractivity contribution in [3.8, 4) is 23.6 Å². The van der Waals surface area contributed by atoms with Crippen molar-refractivity contribution in [1.82, 2.24) is 9.97 Å². The predicted octanol–water partition coefficient (Wildman–Crippen LogP) is 8.21. The number of aliphatic hydroxyl groups is 2. The maximum Gasteiger partial charge on any atom is 0.146 e. The summed E-state index contributed by atoms with van der Waals surface area (Å²) in [5, 5.41) is 60.7. The molecule has 66 heavy (non-hydrogen) atoms. The number of pyridine rings is 2. The number of nitrogens with one attached hydrogen (secondary N) is 4. The molecular weight excluding hydrogens is 829 g/mol. The third kappa shape index (κ3) is 11.5. The largest absolute Gasteiger partial charge is 0.487 e. The highest BCUT2D eigenvalue weighted by Gasteiger charge is 2.32. The van der Waals surface area contributed by atoms with Crippen LogP contribution >= 0.6 is 0 Å². The molecule has 0 aliphatic heterocycles. The Hall–Kier alpha value is -7.78. The van der Waals surface area contributed by atoms with E-state index in [1.165, 1.54) is 0 Å². The van der Waals surface area contributed by atoms with E-state index in [0.717, 1.165) is 93.2 Å². The van der Waals surface area contributed by atoms with Gasteiger partial charge in [-0.3, -0.25) is 20.8 Å². The second-order valence-electron chi connectivity index (χ2n) is 16.5. The van der Waals surface area contributed by atoms with Crippen LogP contribution in [0.4, 0.5) is 11.4 Å². The number of ether oxygens (including phenoxy) is 2. The lowest BCUT2D eigenvalue weighted by atomic mass is 10.0. The molecule has 10 N–H and O–H groups in total. The smallest absolute Gasteiger partial charge is 0.146 e. The van der Waals surface area contributed by atoms with Gasteiger partial charge in [-0.1, -0.05) is 30.3 Å². The molecule has 0 spiro atoms. The molecule has 4 aromatic carbocycles. The highest BCUT2D eigenvalue weighted by atomic mass is 16.5. The number of nitriles is 2. The lowest BCUT2D eigenvalue weighted by molar-refractivity contribution is 0.255. The summed E-state index contributed by atoms with van der Waals surface area (Å²) in [4.78, 5) is 9.73. The molecule has 0 unspecified atom stereocenters. The number of nitrogens with two attached hydrogens (primary N) is 2. The van der Waals surface area contributed by atoms with Gasteiger partial charge in [0.2, 0.25) is 0 Å². The number of nitrogen functional groups attached to an aromatic ring is 2. The third-order valence-corrected chi connectivity index (χ3v) is 11.6. The second-order valence-corrected chi connectivity index (χ2v) is 16.5. The van der Waals surface area contributed by atoms with Crippen LogP contribution in [0.25, 0.3) is 0 Å². The fourth-order valence-corrected chi connectivity index (χ4v) is 7.80. The Morgan fingerprint density at radius 2 is 1.08 bits per heavy atom. The summed E-state index contributed by atoms with van der Waals surface area (Å²) in [7, 11) is 0. The van der Waals surface area contributed by atoms with Crippen LogP contribution in [0.5, 0.6) is 11.5 Å². The van der Waals surface area contributed by atoms with Crippen molar-refractivity contribution in [3.63, 3.8) is 0 Å². The van der Waals surface area contributed by atoms with Gasteiger partial charge < -0.3 is 41.8 Å². The van der Waals surface area contributed by atoms with Crippen molar-refractivity contribution >= 4 is 23.0 Å². The molecule has 0 saturated heterocycles. The summed E-state index contributed by atoms with van der Waals surface area (Å²) in [6.07, 6.45) is 4.38. The lowest BCUT2D eigenvalue weighted by Crippen LogP contribution is -2.14. The zero-order chi connectivity index (χ0) is 46.7. The van der Waals surface area contributed by atoms with Gasteiger partial charge in [-0.2, -0.15) is 10.5 Å². The third-order valence-electron chi connectivity index (χ3n) is 11.6. The number of rotatable bonds is 18. The van der Waals surface area contributed by atoms with Crippen LogP contribution in [-0.2, 0) is 39.5 Å². The molecule has 14 nitrogen and oxygen atoms in total. The minimum Gasteiger partial charge on any atom is -0.487 e. The van der Waals surface area contributed by atoms with Gasteiger partial charge >= 0.3 is 0 Å². The lowest BCUT2D eigenvalue weighted by Gasteiger charge is -2.20. The summed E-state index contributed by atoms with van der Waals surface area (Å²) in [6, 6.07) is 33.6. The van der Waals surface area contributed by atoms with E-state index in [2.05, 4.69) is 22.8 Å². The van der Waals surface area contributed by atoms with E-state index in [1.807, 2.05) is 68.4 Å². The Labute approximate surface area is 384 Å². The van der Waals surface area contributed by atoms with Crippen LogP contribution in [0.1, 0.15) is 116 Å². The summed E-state index contributed by atoms with van der Waals surface area (Å²) < 4.78 is 12.3. The SMILES string of the molecule is Cc1nc(C2CC2)c(CNc2ccc(C#N)cc2)c(CO)c1OCc1cccc(C#N)c1.Cc1nc(C2CC2)c(CNc2ccc(C(=N)N)cc2)c(CO)c1OCc1cccc(C(=N)N)c1. The fourth-order valence-electron chi connectivity index (χ4n) is 7.80. The monoisotopic (exact) mass is 882 g/mol. The maximum atomic E-state index is 10.3. The molecule has 2 fully saturated rings. The van der Waals surface area contributed by atoms with Crippen molar-refractivity contribution < 1.29 is 19.7 Å². The Balaban J connectivity index is 0.000000197. The summed E-state index contributed by atoms with van der Waals surface area (Å²) in [6.45, 7) is 5.06. The molecule has 2 saturated carbocycles. The number of aryl methyl sites for hydroxylation is 2. The van der Waals surface area contributed by atoms with E-state index in [9.17, 15) is 10.2 Å². The van der Waals surface area contributed by atoms with Crippen LogP contribution < -0.4 is 31.6 Å². The van der Waals surface area contributed by atoms with Crippen molar-refractivity contribution in [3.05, 3.63) is 175 Å². The Morgan fingerprint density at radius 3 is 1.52 bits per heavy atom. The molecule has 2 heterocycles. The van der Waals surface area contributed by atoms with Crippen LogP contribution in [0.15, 0.2) is 97.1 Å². The van der Waals surface area contributed by atoms with Gasteiger partial charge in [0.05, 0.1) is 47.9 Å². The number of hydrogen-bond acceptors (Lipinski definition) is 12. The highest BCUT2D eigenvalue weighted by Crippen LogP contribution is 2.45. The molecule has 0 atom stereocenters. The standard InChI is InChI=1S/C26H30N6O2.C26H24N4O2/c1-15-24(34-14-16-3-2-4-19(11-16)26(29)30)22(13-33)21(23(32-15)17-5-6-17)12-31-20-9-7-18(8-10-20)25(27)28;1-17-26(32-16-20-4-2-3-19(11-20)13-28)24(15-31)23(25(30-17)21-7-8-21)14-29-22-9-5-18(12-27)6-10-22/h2-4,7-11,17,31,33H,5-6,12-14H2,1H3,(H3,27,28)(H3,29,30);2-6,9-11,21,29,31H,7-8,14-16H2,1H3. The highest BCUT2D eigenvalue weighted by molar-refractivity contribution is 5.95. The van der Waals surface area contributed by atoms with E-state index in [4.69, 9.17) is 52.3 Å². The molecule has 0 radical (unpaired) electrons. The quantitative estimate of drug-likeness (QED) is 0.0300. The zero-order valence-corrected chi connectivity index (χ0v) is 37.1. The van der Waals surface area contributed by atoms with Gasteiger partial charge in [-0.15, -0.1) is 0 Å². The van der Waals surface area contributed by atoms with Crippen LogP contribution in [0.3, 0.4) is 0 Å². The van der Waals surface area contributed by atoms with Gasteiger partial charge in [-0.05, 0) is 117 Å². The van der Waals surface area contributed by atoms with E-state index in [1.54, 1.807) is 42.5 Å². The first kappa shape index (κ1) is 46.2. The molecule has 14 heteroatoms. The number of hydrogen-bond donors (Lipinski definition) is 8. The number of aliphatic hydroxyl groups excluding tert-OH is 2. The molecular formula is C52H54N10O4. The van der Waals surface area contributed by atoms with E-state index in [0.29, 0.717) is 58.7 Å². The molecule has 336 valence electrons. The van der Waals surface area contributed by atoms with Crippen LogP contribution in [0.2, 0.25) is 0 Å². The number of benzene rings is 4. The van der Waals surface area contributed by atoms with Crippen LogP contribution in [0, 0.1) is 47.3 Å². The first-order valence-corrected chi connectivity index (χ1v) is 21.9. The molecule has 2 aromatic heterocycles. The van der Waals surface area contributed by atoms with Gasteiger partial charge in [0.25, 0.3) is 0 Å². The number of anilines is 2. The summed E-state index contributed by atoms with van der Waals surface area (Å²) in [5.41, 5.74) is 24.2. The topological polar surface area (TPSA) is 256 Å². The minimum atomic E-state index is -0.161. The van der Waals surface area contributed by atoms with Gasteiger partial charge in [0.15, 0.2) is 0 Å². The first-order valence-electron chi connectivity index (χ1n) is 21.9. The normalized spacial score (nSPS) is 12.8. The zero-order valence-electron chi connectivity index (χ0n) is 37.1. The average Bonchev–Trinajstić information content (AvgIpc) is 4.28. The predicted molar refractivity (Wildman–Crippen MR) is 254 cm³/mol. The molecule has 2 aliphatic carbocycles. The number of aromatic nitrogens is 2. The van der Waals surface area contributed by atoms with Crippen molar-refractivity contribution in [2.75, 3.05) is 10.6 Å². The van der Waals surface area contributed by atoms with Crippen molar-refractivity contribution in [1.29, 1.82) is 21.3 Å². The van der Waals surface area contributed by atoms with Gasteiger partial charge in [0.1, 0.15) is 36.4 Å². The first-order chi connectivity index (χ1) is 32.0. The number of amidine groups is 2. The molecule has 2 aliphatic rings. The maximum absolute atomic E-state index is 10.3.